The number of rotatable bonds is 8. The van der Waals surface area contributed by atoms with Crippen LogP contribution in [0.2, 0.25) is 0 Å². The maximum atomic E-state index is 12.4. The van der Waals surface area contributed by atoms with E-state index in [-0.39, 0.29) is 5.91 Å². The van der Waals surface area contributed by atoms with Crippen LogP contribution in [0.5, 0.6) is 0 Å². The zero-order chi connectivity index (χ0) is 21.6. The fourth-order valence-electron chi connectivity index (χ4n) is 3.38. The van der Waals surface area contributed by atoms with Gasteiger partial charge < -0.3 is 10.1 Å². The van der Waals surface area contributed by atoms with Gasteiger partial charge in [0.1, 0.15) is 16.5 Å². The summed E-state index contributed by atoms with van der Waals surface area (Å²) >= 11 is 3.07. The van der Waals surface area contributed by atoms with Crippen molar-refractivity contribution in [3.63, 3.8) is 0 Å². The van der Waals surface area contributed by atoms with Gasteiger partial charge in [-0.15, -0.1) is 21.5 Å². The molecule has 4 rings (SSSR count). The average Bonchev–Trinajstić information content (AvgIpc) is 3.40. The number of amides is 1. The highest BCUT2D eigenvalue weighted by molar-refractivity contribution is 7.98. The number of aryl methyl sites for hydroxylation is 2. The van der Waals surface area contributed by atoms with Crippen LogP contribution in [0.15, 0.2) is 34.8 Å². The highest BCUT2D eigenvalue weighted by Crippen LogP contribution is 2.27. The Kier molecular flexibility index (Phi) is 7.33. The second kappa shape index (κ2) is 10.4. The van der Waals surface area contributed by atoms with Gasteiger partial charge in [0.25, 0.3) is 5.91 Å². The predicted molar refractivity (Wildman–Crippen MR) is 122 cm³/mol. The van der Waals surface area contributed by atoms with E-state index in [1.165, 1.54) is 11.3 Å². The number of aromatic nitrogens is 4. The standard InChI is InChI=1S/C21H26N6O2S2/c1-15-5-3-4-6-18(15)27-16(2)24-25-21(27)31-14-19-23-17(13-30-19)20(28)22-7-8-26-9-11-29-12-10-26/h3-6,13H,7-12,14H2,1-2H3,(H,22,28). The number of hydrogen-bond acceptors (Lipinski definition) is 8. The smallest absolute Gasteiger partial charge is 0.270 e. The van der Waals surface area contributed by atoms with E-state index in [9.17, 15) is 4.79 Å². The van der Waals surface area contributed by atoms with E-state index in [0.717, 1.165) is 60.1 Å². The van der Waals surface area contributed by atoms with Crippen LogP contribution in [0, 0.1) is 13.8 Å². The molecule has 0 atom stereocenters. The van der Waals surface area contributed by atoms with Crippen molar-refractivity contribution in [1.29, 1.82) is 0 Å². The molecule has 1 aromatic carbocycles. The number of carbonyl (C=O) groups is 1. The molecule has 10 heteroatoms. The number of para-hydroxylation sites is 1. The maximum Gasteiger partial charge on any atom is 0.270 e. The SMILES string of the molecule is Cc1ccccc1-n1c(C)nnc1SCc1nc(C(=O)NCCN2CCOCC2)cs1. The molecule has 2 aromatic heterocycles. The average molecular weight is 459 g/mol. The molecule has 164 valence electrons. The molecule has 0 unspecified atom stereocenters. The number of hydrogen-bond donors (Lipinski definition) is 1. The number of thioether (sulfide) groups is 1. The van der Waals surface area contributed by atoms with Gasteiger partial charge in [-0.3, -0.25) is 14.3 Å². The highest BCUT2D eigenvalue weighted by atomic mass is 32.2. The van der Waals surface area contributed by atoms with Crippen molar-refractivity contribution in [2.24, 2.45) is 0 Å². The second-order valence-corrected chi connectivity index (χ2v) is 9.16. The molecule has 31 heavy (non-hydrogen) atoms. The van der Waals surface area contributed by atoms with Gasteiger partial charge in [0, 0.05) is 31.6 Å². The van der Waals surface area contributed by atoms with Crippen molar-refractivity contribution in [2.75, 3.05) is 39.4 Å². The third-order valence-electron chi connectivity index (χ3n) is 5.08. The summed E-state index contributed by atoms with van der Waals surface area (Å²) in [4.78, 5) is 19.2. The van der Waals surface area contributed by atoms with Crippen molar-refractivity contribution >= 4 is 29.0 Å². The van der Waals surface area contributed by atoms with Gasteiger partial charge >= 0.3 is 0 Å². The molecule has 1 amide bonds. The number of ether oxygens (including phenoxy) is 1. The maximum absolute atomic E-state index is 12.4. The van der Waals surface area contributed by atoms with Crippen LogP contribution in [0.1, 0.15) is 26.9 Å². The Morgan fingerprint density at radius 3 is 2.84 bits per heavy atom. The van der Waals surface area contributed by atoms with Crippen molar-refractivity contribution in [2.45, 2.75) is 24.8 Å². The summed E-state index contributed by atoms with van der Waals surface area (Å²) in [6.45, 7) is 8.83. The van der Waals surface area contributed by atoms with Crippen LogP contribution in [0.25, 0.3) is 5.69 Å². The van der Waals surface area contributed by atoms with E-state index in [4.69, 9.17) is 4.74 Å². The van der Waals surface area contributed by atoms with Gasteiger partial charge in [-0.05, 0) is 25.5 Å². The molecule has 1 N–H and O–H groups in total. The Labute approximate surface area is 190 Å². The monoisotopic (exact) mass is 458 g/mol. The number of nitrogens with zero attached hydrogens (tertiary/aromatic N) is 5. The Morgan fingerprint density at radius 2 is 2.03 bits per heavy atom. The molecule has 1 fully saturated rings. The van der Waals surface area contributed by atoms with E-state index in [1.54, 1.807) is 11.8 Å². The number of nitrogens with one attached hydrogen (secondary N) is 1. The summed E-state index contributed by atoms with van der Waals surface area (Å²) in [7, 11) is 0. The van der Waals surface area contributed by atoms with Crippen molar-refractivity contribution in [1.82, 2.24) is 30.0 Å². The highest BCUT2D eigenvalue weighted by Gasteiger charge is 2.16. The number of thiazole rings is 1. The lowest BCUT2D eigenvalue weighted by molar-refractivity contribution is 0.0383. The lowest BCUT2D eigenvalue weighted by atomic mass is 10.2. The first kappa shape index (κ1) is 21.9. The fourth-order valence-corrected chi connectivity index (χ4v) is 5.16. The summed E-state index contributed by atoms with van der Waals surface area (Å²) in [5.74, 6) is 1.35. The molecule has 3 aromatic rings. The Morgan fingerprint density at radius 1 is 1.23 bits per heavy atom. The first-order valence-corrected chi connectivity index (χ1v) is 12.1. The lowest BCUT2D eigenvalue weighted by Crippen LogP contribution is -2.41. The summed E-state index contributed by atoms with van der Waals surface area (Å²) in [6, 6.07) is 8.18. The molecule has 0 saturated carbocycles. The zero-order valence-electron chi connectivity index (χ0n) is 17.7. The minimum absolute atomic E-state index is 0.125. The molecule has 0 radical (unpaired) electrons. The topological polar surface area (TPSA) is 85.2 Å². The van der Waals surface area contributed by atoms with Gasteiger partial charge in [-0.1, -0.05) is 30.0 Å². The summed E-state index contributed by atoms with van der Waals surface area (Å²) in [6.07, 6.45) is 0. The molecule has 1 aliphatic heterocycles. The molecule has 3 heterocycles. The molecular weight excluding hydrogens is 432 g/mol. The van der Waals surface area contributed by atoms with E-state index < -0.39 is 0 Å². The molecule has 0 aliphatic carbocycles. The van der Waals surface area contributed by atoms with Gasteiger partial charge in [-0.25, -0.2) is 4.98 Å². The van der Waals surface area contributed by atoms with Crippen LogP contribution >= 0.6 is 23.1 Å². The number of carbonyl (C=O) groups excluding carboxylic acids is 1. The third kappa shape index (κ3) is 5.51. The first-order valence-electron chi connectivity index (χ1n) is 10.3. The third-order valence-corrected chi connectivity index (χ3v) is 7.05. The fraction of sp³-hybridized carbons (Fsp3) is 0.429. The van der Waals surface area contributed by atoms with Crippen molar-refractivity contribution < 1.29 is 9.53 Å². The molecule has 0 bridgehead atoms. The van der Waals surface area contributed by atoms with Crippen LogP contribution in [0.3, 0.4) is 0 Å². The Hall–Kier alpha value is -2.27. The Balaban J connectivity index is 1.33. The van der Waals surface area contributed by atoms with Crippen molar-refractivity contribution in [3.05, 3.63) is 51.7 Å². The number of morpholine rings is 1. The second-order valence-electron chi connectivity index (χ2n) is 7.28. The van der Waals surface area contributed by atoms with Gasteiger partial charge in [0.05, 0.1) is 24.7 Å². The van der Waals surface area contributed by atoms with Crippen LogP contribution < -0.4 is 5.32 Å². The summed E-state index contributed by atoms with van der Waals surface area (Å²) < 4.78 is 7.41. The number of benzene rings is 1. The van der Waals surface area contributed by atoms with Gasteiger partial charge in [-0.2, -0.15) is 0 Å². The minimum Gasteiger partial charge on any atom is -0.379 e. The van der Waals surface area contributed by atoms with Gasteiger partial charge in [0.2, 0.25) is 0 Å². The molecular formula is C21H26N6O2S2. The predicted octanol–water partition coefficient (Wildman–Crippen LogP) is 2.69. The van der Waals surface area contributed by atoms with Crippen LogP contribution in [-0.4, -0.2) is 69.9 Å². The molecule has 1 aliphatic rings. The van der Waals surface area contributed by atoms with Gasteiger partial charge in [0.15, 0.2) is 5.16 Å². The van der Waals surface area contributed by atoms with Crippen LogP contribution in [-0.2, 0) is 10.5 Å². The van der Waals surface area contributed by atoms with E-state index in [1.807, 2.05) is 24.4 Å². The van der Waals surface area contributed by atoms with E-state index in [2.05, 4.69) is 49.0 Å². The molecule has 1 saturated heterocycles. The Bertz CT molecular complexity index is 1030. The zero-order valence-corrected chi connectivity index (χ0v) is 19.3. The van der Waals surface area contributed by atoms with Crippen LogP contribution in [0.4, 0.5) is 0 Å². The van der Waals surface area contributed by atoms with E-state index >= 15 is 0 Å². The molecule has 0 spiro atoms. The van der Waals surface area contributed by atoms with Crippen molar-refractivity contribution in [3.8, 4) is 5.69 Å². The normalized spacial score (nSPS) is 14.6. The summed E-state index contributed by atoms with van der Waals surface area (Å²) in [5.41, 5.74) is 2.71. The lowest BCUT2D eigenvalue weighted by Gasteiger charge is -2.26. The minimum atomic E-state index is -0.125. The molecule has 8 nitrogen and oxygen atoms in total. The first-order chi connectivity index (χ1) is 15.1. The largest absolute Gasteiger partial charge is 0.379 e. The van der Waals surface area contributed by atoms with E-state index in [0.29, 0.717) is 18.0 Å². The quantitative estimate of drug-likeness (QED) is 0.520. The summed E-state index contributed by atoms with van der Waals surface area (Å²) in [5, 5.41) is 15.1.